The summed E-state index contributed by atoms with van der Waals surface area (Å²) in [7, 11) is 1.61. The second-order valence-electron chi connectivity index (χ2n) is 5.17. The fourth-order valence-corrected chi connectivity index (χ4v) is 2.47. The summed E-state index contributed by atoms with van der Waals surface area (Å²) in [5, 5.41) is 8.91. The van der Waals surface area contributed by atoms with Gasteiger partial charge >= 0.3 is 0 Å². The van der Waals surface area contributed by atoms with Crippen molar-refractivity contribution in [2.45, 2.75) is 13.3 Å². The van der Waals surface area contributed by atoms with Gasteiger partial charge in [-0.25, -0.2) is 0 Å². The van der Waals surface area contributed by atoms with Crippen molar-refractivity contribution in [3.8, 4) is 22.9 Å². The Morgan fingerprint density at radius 2 is 1.96 bits per heavy atom. The highest BCUT2D eigenvalue weighted by atomic mass is 16.5. The topological polar surface area (TPSA) is 53.3 Å². The van der Waals surface area contributed by atoms with Crippen LogP contribution in [0.3, 0.4) is 0 Å². The third kappa shape index (κ3) is 3.89. The van der Waals surface area contributed by atoms with Gasteiger partial charge in [0.1, 0.15) is 12.3 Å². The summed E-state index contributed by atoms with van der Waals surface area (Å²) in [5.74, 6) is 0.586. The molecule has 0 bridgehead atoms. The van der Waals surface area contributed by atoms with E-state index >= 15 is 0 Å². The molecule has 4 nitrogen and oxygen atoms in total. The summed E-state index contributed by atoms with van der Waals surface area (Å²) in [6.45, 7) is 2.65. The highest BCUT2D eigenvalue weighted by molar-refractivity contribution is 5.96. The van der Waals surface area contributed by atoms with Crippen molar-refractivity contribution in [1.29, 1.82) is 5.26 Å². The molecule has 0 unspecified atom stereocenters. The van der Waals surface area contributed by atoms with Gasteiger partial charge in [0.2, 0.25) is 0 Å². The first-order valence-electron chi connectivity index (χ1n) is 7.61. The molecule has 0 aliphatic rings. The number of methoxy groups -OCH3 is 1. The monoisotopic (exact) mass is 308 g/mol. The van der Waals surface area contributed by atoms with Gasteiger partial charge in [-0.15, -0.1) is 0 Å². The number of rotatable bonds is 6. The van der Waals surface area contributed by atoms with Gasteiger partial charge in [0.25, 0.3) is 5.91 Å². The molecule has 0 saturated carbocycles. The van der Waals surface area contributed by atoms with Gasteiger partial charge < -0.3 is 9.64 Å². The van der Waals surface area contributed by atoms with E-state index in [1.54, 1.807) is 24.1 Å². The molecule has 0 spiro atoms. The largest absolute Gasteiger partial charge is 0.496 e. The Morgan fingerprint density at radius 3 is 2.57 bits per heavy atom. The van der Waals surface area contributed by atoms with Crippen LogP contribution in [0.4, 0.5) is 0 Å². The molecule has 2 rings (SSSR count). The predicted octanol–water partition coefficient (Wildman–Crippen LogP) is 3.74. The number of nitrogens with zero attached hydrogens (tertiary/aromatic N) is 2. The normalized spacial score (nSPS) is 9.96. The molecule has 23 heavy (non-hydrogen) atoms. The maximum atomic E-state index is 12.6. The summed E-state index contributed by atoms with van der Waals surface area (Å²) in [6, 6.07) is 17.2. The first kappa shape index (κ1) is 16.6. The number of ether oxygens (including phenoxy) is 1. The second kappa shape index (κ2) is 8.00. The Balaban J connectivity index is 2.41. The van der Waals surface area contributed by atoms with Crippen LogP contribution >= 0.6 is 0 Å². The predicted molar refractivity (Wildman–Crippen MR) is 90.2 cm³/mol. The summed E-state index contributed by atoms with van der Waals surface area (Å²) in [5.41, 5.74) is 2.42. The lowest BCUT2D eigenvalue weighted by molar-refractivity contribution is 0.0776. The van der Waals surface area contributed by atoms with Gasteiger partial charge in [0.05, 0.1) is 13.2 Å². The zero-order valence-electron chi connectivity index (χ0n) is 13.5. The molecule has 0 atom stereocenters. The van der Waals surface area contributed by atoms with Gasteiger partial charge in [-0.3, -0.25) is 4.79 Å². The number of carbonyl (C=O) groups excluding carboxylic acids is 1. The molecule has 0 radical (unpaired) electrons. The Kier molecular flexibility index (Phi) is 5.76. The molecule has 0 aliphatic heterocycles. The van der Waals surface area contributed by atoms with Crippen LogP contribution < -0.4 is 4.74 Å². The quantitative estimate of drug-likeness (QED) is 0.764. The number of nitriles is 1. The van der Waals surface area contributed by atoms with Crippen molar-refractivity contribution >= 4 is 5.91 Å². The molecule has 2 aromatic rings. The molecular weight excluding hydrogens is 288 g/mol. The zero-order chi connectivity index (χ0) is 16.7. The van der Waals surface area contributed by atoms with Crippen LogP contribution in [-0.4, -0.2) is 31.0 Å². The first-order valence-corrected chi connectivity index (χ1v) is 7.61. The minimum absolute atomic E-state index is 0.0966. The summed E-state index contributed by atoms with van der Waals surface area (Å²) in [4.78, 5) is 14.2. The van der Waals surface area contributed by atoms with Crippen molar-refractivity contribution in [2.75, 3.05) is 20.2 Å². The van der Waals surface area contributed by atoms with Crippen LogP contribution in [0.15, 0.2) is 48.5 Å². The van der Waals surface area contributed by atoms with E-state index in [1.165, 1.54) is 0 Å². The summed E-state index contributed by atoms with van der Waals surface area (Å²) >= 11 is 0. The van der Waals surface area contributed by atoms with Crippen LogP contribution in [0.2, 0.25) is 0 Å². The molecule has 1 amide bonds. The van der Waals surface area contributed by atoms with Crippen molar-refractivity contribution in [2.24, 2.45) is 0 Å². The highest BCUT2D eigenvalue weighted by Gasteiger charge is 2.17. The highest BCUT2D eigenvalue weighted by Crippen LogP contribution is 2.31. The average molecular weight is 308 g/mol. The van der Waals surface area contributed by atoms with Crippen LogP contribution in [0.5, 0.6) is 5.75 Å². The molecule has 0 aliphatic carbocycles. The Labute approximate surface area is 136 Å². The van der Waals surface area contributed by atoms with E-state index in [-0.39, 0.29) is 12.5 Å². The van der Waals surface area contributed by atoms with Crippen LogP contribution in [0, 0.1) is 11.3 Å². The van der Waals surface area contributed by atoms with E-state index in [9.17, 15) is 4.79 Å². The minimum atomic E-state index is -0.131. The number of amides is 1. The zero-order valence-corrected chi connectivity index (χ0v) is 13.5. The lowest BCUT2D eigenvalue weighted by Crippen LogP contribution is -2.32. The molecule has 0 heterocycles. The van der Waals surface area contributed by atoms with Gasteiger partial charge in [-0.05, 0) is 30.2 Å². The maximum absolute atomic E-state index is 12.6. The van der Waals surface area contributed by atoms with E-state index in [4.69, 9.17) is 10.00 Å². The van der Waals surface area contributed by atoms with Gasteiger partial charge in [0.15, 0.2) is 0 Å². The van der Waals surface area contributed by atoms with E-state index in [0.717, 1.165) is 23.3 Å². The van der Waals surface area contributed by atoms with E-state index in [2.05, 4.69) is 6.07 Å². The van der Waals surface area contributed by atoms with Gasteiger partial charge in [-0.1, -0.05) is 37.3 Å². The standard InChI is InChI=1S/C19H20N2O2/c1-3-12-21(13-11-20)19(22)16-9-10-18(23-2)17(14-16)15-7-5-4-6-8-15/h4-10,14H,3,12-13H2,1-2H3. The number of benzene rings is 2. The third-order valence-corrected chi connectivity index (χ3v) is 3.57. The fourth-order valence-electron chi connectivity index (χ4n) is 2.47. The Bertz CT molecular complexity index is 705. The van der Waals surface area contributed by atoms with Crippen molar-refractivity contribution < 1.29 is 9.53 Å². The van der Waals surface area contributed by atoms with E-state index in [1.807, 2.05) is 43.3 Å². The fraction of sp³-hybridized carbons (Fsp3) is 0.263. The second-order valence-corrected chi connectivity index (χ2v) is 5.17. The van der Waals surface area contributed by atoms with Crippen LogP contribution in [0.1, 0.15) is 23.7 Å². The van der Waals surface area contributed by atoms with E-state index < -0.39 is 0 Å². The van der Waals surface area contributed by atoms with Crippen molar-refractivity contribution in [1.82, 2.24) is 4.90 Å². The number of hydrogen-bond acceptors (Lipinski definition) is 3. The summed E-state index contributed by atoms with van der Waals surface area (Å²) in [6.07, 6.45) is 0.815. The molecule has 0 aromatic heterocycles. The van der Waals surface area contributed by atoms with Crippen molar-refractivity contribution in [3.63, 3.8) is 0 Å². The average Bonchev–Trinajstić information content (AvgIpc) is 2.61. The molecule has 118 valence electrons. The molecule has 2 aromatic carbocycles. The summed E-state index contributed by atoms with van der Waals surface area (Å²) < 4.78 is 5.41. The van der Waals surface area contributed by atoms with Gasteiger partial charge in [0, 0.05) is 17.7 Å². The number of hydrogen-bond donors (Lipinski definition) is 0. The van der Waals surface area contributed by atoms with Gasteiger partial charge in [-0.2, -0.15) is 5.26 Å². The minimum Gasteiger partial charge on any atom is -0.496 e. The van der Waals surface area contributed by atoms with E-state index in [0.29, 0.717) is 12.1 Å². The molecular formula is C19H20N2O2. The lowest BCUT2D eigenvalue weighted by Gasteiger charge is -2.19. The first-order chi connectivity index (χ1) is 11.2. The SMILES string of the molecule is CCCN(CC#N)C(=O)c1ccc(OC)c(-c2ccccc2)c1. The Hall–Kier alpha value is -2.80. The van der Waals surface area contributed by atoms with Crippen LogP contribution in [-0.2, 0) is 0 Å². The molecule has 0 N–H and O–H groups in total. The molecule has 0 saturated heterocycles. The maximum Gasteiger partial charge on any atom is 0.254 e. The Morgan fingerprint density at radius 1 is 1.22 bits per heavy atom. The molecule has 4 heteroatoms. The van der Waals surface area contributed by atoms with Crippen molar-refractivity contribution in [3.05, 3.63) is 54.1 Å². The third-order valence-electron chi connectivity index (χ3n) is 3.57. The number of carbonyl (C=O) groups is 1. The lowest BCUT2D eigenvalue weighted by atomic mass is 10.0. The van der Waals surface area contributed by atoms with Crippen LogP contribution in [0.25, 0.3) is 11.1 Å². The molecule has 0 fully saturated rings. The smallest absolute Gasteiger partial charge is 0.254 e.